The molecule has 11 heteroatoms. The summed E-state index contributed by atoms with van der Waals surface area (Å²) in [4.78, 5) is 23.4. The highest BCUT2D eigenvalue weighted by Gasteiger charge is 2.30. The molecule has 0 bridgehead atoms. The van der Waals surface area contributed by atoms with Gasteiger partial charge in [-0.05, 0) is 38.5 Å². The van der Waals surface area contributed by atoms with Crippen LogP contribution in [-0.4, -0.2) is 52.3 Å². The molecule has 33 heavy (non-hydrogen) atoms. The highest BCUT2D eigenvalue weighted by Crippen LogP contribution is 2.27. The molecule has 3 rings (SSSR count). The van der Waals surface area contributed by atoms with Gasteiger partial charge in [0.1, 0.15) is 19.0 Å². The molecule has 0 aliphatic rings. The lowest BCUT2D eigenvalue weighted by Crippen LogP contribution is -2.34. The quantitative estimate of drug-likeness (QED) is 0.467. The molecule has 8 nitrogen and oxygen atoms in total. The van der Waals surface area contributed by atoms with Crippen LogP contribution in [0.3, 0.4) is 0 Å². The number of aromatic nitrogens is 4. The van der Waals surface area contributed by atoms with Crippen molar-refractivity contribution in [2.45, 2.75) is 33.5 Å². The largest absolute Gasteiger partial charge is 0.495 e. The first-order valence-corrected chi connectivity index (χ1v) is 10.1. The number of anilines is 1. The second-order valence-corrected chi connectivity index (χ2v) is 7.26. The predicted molar refractivity (Wildman–Crippen MR) is 115 cm³/mol. The average molecular weight is 463 g/mol. The lowest BCUT2D eigenvalue weighted by Gasteiger charge is -2.23. The Balaban J connectivity index is 1.96. The number of hydrogen-bond donors (Lipinski definition) is 0. The molecule has 3 heterocycles. The van der Waals surface area contributed by atoms with Crippen LogP contribution >= 0.6 is 0 Å². The van der Waals surface area contributed by atoms with Crippen molar-refractivity contribution < 1.29 is 27.4 Å². The van der Waals surface area contributed by atoms with Gasteiger partial charge in [-0.2, -0.15) is 18.3 Å². The average Bonchev–Trinajstić information content (AvgIpc) is 3.19. The van der Waals surface area contributed by atoms with Crippen molar-refractivity contribution in [2.75, 3.05) is 25.3 Å². The van der Waals surface area contributed by atoms with Gasteiger partial charge in [0.15, 0.2) is 0 Å². The van der Waals surface area contributed by atoms with Gasteiger partial charge in [0.25, 0.3) is 5.91 Å². The molecule has 3 aromatic rings. The van der Waals surface area contributed by atoms with Gasteiger partial charge in [0.2, 0.25) is 0 Å². The third kappa shape index (κ3) is 5.86. The third-order valence-electron chi connectivity index (χ3n) is 4.80. The number of ether oxygens (including phenoxy) is 2. The first-order chi connectivity index (χ1) is 15.6. The Labute approximate surface area is 189 Å². The smallest absolute Gasteiger partial charge is 0.408 e. The summed E-state index contributed by atoms with van der Waals surface area (Å²) >= 11 is 0. The minimum Gasteiger partial charge on any atom is -0.495 e. The number of rotatable bonds is 8. The van der Waals surface area contributed by atoms with E-state index in [0.29, 0.717) is 34.9 Å². The number of nitrogens with zero attached hydrogens (tertiary/aromatic N) is 5. The van der Waals surface area contributed by atoms with Gasteiger partial charge in [0.05, 0.1) is 42.1 Å². The molecule has 0 saturated carbocycles. The molecule has 176 valence electrons. The van der Waals surface area contributed by atoms with E-state index >= 15 is 0 Å². The van der Waals surface area contributed by atoms with Crippen molar-refractivity contribution >= 4 is 11.6 Å². The molecular weight excluding hydrogens is 439 g/mol. The highest BCUT2D eigenvalue weighted by molar-refractivity contribution is 6.07. The van der Waals surface area contributed by atoms with Crippen molar-refractivity contribution in [2.24, 2.45) is 0 Å². The SMILES string of the molecule is CCOCN(C(=O)c1c(C)cc(-c2cncc(OC)c2)nc1C)c1cnn(CC(F)(F)F)c1. The molecule has 0 unspecified atom stereocenters. The topological polar surface area (TPSA) is 82.4 Å². The maximum atomic E-state index is 13.4. The number of halogens is 3. The number of hydrogen-bond acceptors (Lipinski definition) is 6. The van der Waals surface area contributed by atoms with Crippen LogP contribution in [0.4, 0.5) is 18.9 Å². The maximum absolute atomic E-state index is 13.4. The Hall–Kier alpha value is -3.47. The fourth-order valence-electron chi connectivity index (χ4n) is 3.30. The molecule has 0 aliphatic heterocycles. The van der Waals surface area contributed by atoms with E-state index in [1.165, 1.54) is 24.4 Å². The number of amides is 1. The molecule has 0 radical (unpaired) electrons. The zero-order chi connectivity index (χ0) is 24.2. The number of aryl methyl sites for hydroxylation is 2. The van der Waals surface area contributed by atoms with Gasteiger partial charge in [-0.1, -0.05) is 0 Å². The van der Waals surface area contributed by atoms with Crippen LogP contribution in [0.25, 0.3) is 11.3 Å². The molecule has 0 aromatic carbocycles. The molecule has 3 aromatic heterocycles. The van der Waals surface area contributed by atoms with E-state index in [0.717, 1.165) is 10.2 Å². The summed E-state index contributed by atoms with van der Waals surface area (Å²) < 4.78 is 49.5. The number of carbonyl (C=O) groups excluding carboxylic acids is 1. The minimum atomic E-state index is -4.43. The summed E-state index contributed by atoms with van der Waals surface area (Å²) in [5.41, 5.74) is 2.97. The number of pyridine rings is 2. The van der Waals surface area contributed by atoms with Gasteiger partial charge in [-0.25, -0.2) is 0 Å². The lowest BCUT2D eigenvalue weighted by molar-refractivity contribution is -0.142. The lowest BCUT2D eigenvalue weighted by atomic mass is 10.0. The maximum Gasteiger partial charge on any atom is 0.408 e. The van der Waals surface area contributed by atoms with Gasteiger partial charge in [0, 0.05) is 24.6 Å². The molecule has 0 spiro atoms. The summed E-state index contributed by atoms with van der Waals surface area (Å²) in [6.07, 6.45) is 1.16. The molecule has 1 amide bonds. The molecule has 0 saturated heterocycles. The van der Waals surface area contributed by atoms with Gasteiger partial charge in [-0.15, -0.1) is 0 Å². The zero-order valence-electron chi connectivity index (χ0n) is 18.7. The van der Waals surface area contributed by atoms with Crippen LogP contribution in [-0.2, 0) is 11.3 Å². The Morgan fingerprint density at radius 1 is 1.18 bits per heavy atom. The van der Waals surface area contributed by atoms with E-state index in [1.54, 1.807) is 45.3 Å². The number of alkyl halides is 3. The van der Waals surface area contributed by atoms with Crippen LogP contribution < -0.4 is 9.64 Å². The van der Waals surface area contributed by atoms with Gasteiger partial charge >= 0.3 is 6.18 Å². The van der Waals surface area contributed by atoms with Crippen LogP contribution in [0.2, 0.25) is 0 Å². The monoisotopic (exact) mass is 463 g/mol. The molecule has 0 N–H and O–H groups in total. The fourth-order valence-corrected chi connectivity index (χ4v) is 3.30. The molecule has 0 aliphatic carbocycles. The zero-order valence-corrected chi connectivity index (χ0v) is 18.7. The first kappa shape index (κ1) is 24.2. The summed E-state index contributed by atoms with van der Waals surface area (Å²) in [6.45, 7) is 4.14. The first-order valence-electron chi connectivity index (χ1n) is 10.1. The van der Waals surface area contributed by atoms with E-state index in [4.69, 9.17) is 9.47 Å². The summed E-state index contributed by atoms with van der Waals surface area (Å²) in [5.74, 6) is 0.122. The highest BCUT2D eigenvalue weighted by atomic mass is 19.4. The Morgan fingerprint density at radius 2 is 1.94 bits per heavy atom. The second kappa shape index (κ2) is 9.99. The predicted octanol–water partition coefficient (Wildman–Crippen LogP) is 4.17. The fraction of sp³-hybridized carbons (Fsp3) is 0.364. The summed E-state index contributed by atoms with van der Waals surface area (Å²) in [6, 6.07) is 3.54. The minimum absolute atomic E-state index is 0.145. The van der Waals surface area contributed by atoms with E-state index in [9.17, 15) is 18.0 Å². The van der Waals surface area contributed by atoms with Crippen molar-refractivity contribution in [3.8, 4) is 17.0 Å². The van der Waals surface area contributed by atoms with Gasteiger partial charge < -0.3 is 9.47 Å². The molecular formula is C22H24F3N5O3. The van der Waals surface area contributed by atoms with Crippen LogP contribution in [0.5, 0.6) is 5.75 Å². The number of methoxy groups -OCH3 is 1. The Bertz CT molecular complexity index is 1110. The van der Waals surface area contributed by atoms with Crippen molar-refractivity contribution in [1.29, 1.82) is 0 Å². The Kier molecular flexibility index (Phi) is 7.32. The van der Waals surface area contributed by atoms with Crippen molar-refractivity contribution in [1.82, 2.24) is 19.7 Å². The summed E-state index contributed by atoms with van der Waals surface area (Å²) in [5, 5.41) is 3.73. The molecule has 0 fully saturated rings. The van der Waals surface area contributed by atoms with Crippen LogP contribution in [0, 0.1) is 13.8 Å². The Morgan fingerprint density at radius 3 is 2.58 bits per heavy atom. The van der Waals surface area contributed by atoms with E-state index in [-0.39, 0.29) is 12.4 Å². The summed E-state index contributed by atoms with van der Waals surface area (Å²) in [7, 11) is 1.54. The number of carbonyl (C=O) groups is 1. The van der Waals surface area contributed by atoms with E-state index in [2.05, 4.69) is 15.1 Å². The normalized spacial score (nSPS) is 11.5. The second-order valence-electron chi connectivity index (χ2n) is 7.26. The van der Waals surface area contributed by atoms with E-state index in [1.807, 2.05) is 0 Å². The van der Waals surface area contributed by atoms with Crippen LogP contribution in [0.15, 0.2) is 36.9 Å². The van der Waals surface area contributed by atoms with Crippen molar-refractivity contribution in [3.05, 3.63) is 53.7 Å². The third-order valence-corrected chi connectivity index (χ3v) is 4.80. The van der Waals surface area contributed by atoms with E-state index < -0.39 is 18.6 Å². The van der Waals surface area contributed by atoms with Gasteiger partial charge in [-0.3, -0.25) is 24.3 Å². The molecule has 0 atom stereocenters. The van der Waals surface area contributed by atoms with Crippen LogP contribution in [0.1, 0.15) is 28.5 Å². The standard InChI is InChI=1S/C22H24F3N5O3/c1-5-33-13-30(17-9-27-29(11-17)12-22(23,24)25)21(31)20-14(2)6-19(28-15(20)3)16-7-18(32-4)10-26-8-16/h6-11H,5,12-13H2,1-4H3. The van der Waals surface area contributed by atoms with Crippen molar-refractivity contribution in [3.63, 3.8) is 0 Å².